The fourth-order valence-electron chi connectivity index (χ4n) is 4.00. The van der Waals surface area contributed by atoms with Crippen LogP contribution in [-0.2, 0) is 14.9 Å². The molecule has 5 heteroatoms. The summed E-state index contributed by atoms with van der Waals surface area (Å²) >= 11 is 0. The molecule has 0 aromatic heterocycles. The fourth-order valence-corrected chi connectivity index (χ4v) is 4.00. The van der Waals surface area contributed by atoms with Crippen LogP contribution in [0, 0.1) is 11.7 Å². The summed E-state index contributed by atoms with van der Waals surface area (Å²) in [6.45, 7) is 4.63. The molecule has 0 unspecified atom stereocenters. The monoisotopic (exact) mass is 348 g/mol. The first-order valence-corrected chi connectivity index (χ1v) is 9.40. The van der Waals surface area contributed by atoms with Gasteiger partial charge in [0.25, 0.3) is 0 Å². The maximum Gasteiger partial charge on any atom is 0.230 e. The molecular formula is C20H29FN2O2. The molecule has 1 aromatic carbocycles. The van der Waals surface area contributed by atoms with Crippen LogP contribution in [0.4, 0.5) is 4.39 Å². The quantitative estimate of drug-likeness (QED) is 0.824. The highest BCUT2D eigenvalue weighted by Gasteiger charge is 2.45. The molecule has 1 aliphatic carbocycles. The zero-order valence-electron chi connectivity index (χ0n) is 15.1. The molecule has 25 heavy (non-hydrogen) atoms. The second-order valence-corrected chi connectivity index (χ2v) is 7.43. The van der Waals surface area contributed by atoms with Gasteiger partial charge in [0, 0.05) is 20.2 Å². The van der Waals surface area contributed by atoms with Gasteiger partial charge in [0.15, 0.2) is 0 Å². The first-order valence-electron chi connectivity index (χ1n) is 9.40. The van der Waals surface area contributed by atoms with Crippen molar-refractivity contribution in [2.45, 2.75) is 37.5 Å². The van der Waals surface area contributed by atoms with Crippen LogP contribution in [0.5, 0.6) is 0 Å². The maximum atomic E-state index is 13.6. The average Bonchev–Trinajstić information content (AvgIpc) is 2.58. The van der Waals surface area contributed by atoms with Crippen LogP contribution in [0.15, 0.2) is 24.3 Å². The summed E-state index contributed by atoms with van der Waals surface area (Å²) in [5.41, 5.74) is 0.312. The van der Waals surface area contributed by atoms with E-state index in [0.29, 0.717) is 5.92 Å². The van der Waals surface area contributed by atoms with Crippen LogP contribution in [0.25, 0.3) is 0 Å². The van der Waals surface area contributed by atoms with Gasteiger partial charge in [-0.25, -0.2) is 4.39 Å². The predicted molar refractivity (Wildman–Crippen MR) is 96.0 cm³/mol. The first kappa shape index (κ1) is 18.3. The van der Waals surface area contributed by atoms with Crippen molar-refractivity contribution in [2.75, 3.05) is 39.9 Å². The molecule has 2 fully saturated rings. The zero-order chi connectivity index (χ0) is 17.7. The van der Waals surface area contributed by atoms with Gasteiger partial charge in [-0.3, -0.25) is 4.79 Å². The van der Waals surface area contributed by atoms with Gasteiger partial charge in [0.2, 0.25) is 5.91 Å². The Morgan fingerprint density at radius 2 is 2.12 bits per heavy atom. The average molecular weight is 348 g/mol. The van der Waals surface area contributed by atoms with Gasteiger partial charge in [-0.1, -0.05) is 18.6 Å². The van der Waals surface area contributed by atoms with Gasteiger partial charge < -0.3 is 15.0 Å². The van der Waals surface area contributed by atoms with Gasteiger partial charge in [-0.2, -0.15) is 0 Å². The third kappa shape index (κ3) is 4.21. The van der Waals surface area contributed by atoms with E-state index in [9.17, 15) is 9.18 Å². The lowest BCUT2D eigenvalue weighted by molar-refractivity contribution is -0.130. The summed E-state index contributed by atoms with van der Waals surface area (Å²) in [5.74, 6) is 0.346. The Labute approximate surface area is 149 Å². The van der Waals surface area contributed by atoms with Crippen molar-refractivity contribution in [2.24, 2.45) is 5.92 Å². The summed E-state index contributed by atoms with van der Waals surface area (Å²) in [4.78, 5) is 15.3. The molecule has 3 rings (SSSR count). The molecular weight excluding hydrogens is 319 g/mol. The van der Waals surface area contributed by atoms with Gasteiger partial charge in [-0.05, 0) is 62.4 Å². The minimum Gasteiger partial charge on any atom is -0.383 e. The molecule has 1 N–H and O–H groups in total. The van der Waals surface area contributed by atoms with Crippen LogP contribution < -0.4 is 5.32 Å². The number of carbonyl (C=O) groups is 1. The number of ether oxygens (including phenoxy) is 1. The van der Waals surface area contributed by atoms with Crippen molar-refractivity contribution < 1.29 is 13.9 Å². The minimum absolute atomic E-state index is 0.0752. The van der Waals surface area contributed by atoms with Crippen molar-refractivity contribution in [3.8, 4) is 0 Å². The van der Waals surface area contributed by atoms with Gasteiger partial charge in [-0.15, -0.1) is 0 Å². The maximum absolute atomic E-state index is 13.6. The van der Waals surface area contributed by atoms with Crippen molar-refractivity contribution in [3.63, 3.8) is 0 Å². The van der Waals surface area contributed by atoms with E-state index < -0.39 is 5.41 Å². The largest absolute Gasteiger partial charge is 0.383 e. The van der Waals surface area contributed by atoms with Crippen LogP contribution in [0.1, 0.15) is 37.7 Å². The van der Waals surface area contributed by atoms with E-state index in [1.807, 2.05) is 6.07 Å². The molecule has 2 aliphatic rings. The topological polar surface area (TPSA) is 41.6 Å². The second-order valence-electron chi connectivity index (χ2n) is 7.43. The highest BCUT2D eigenvalue weighted by atomic mass is 19.1. The van der Waals surface area contributed by atoms with Crippen molar-refractivity contribution in [1.29, 1.82) is 0 Å². The Morgan fingerprint density at radius 1 is 1.36 bits per heavy atom. The lowest BCUT2D eigenvalue weighted by atomic mass is 9.63. The summed E-state index contributed by atoms with van der Waals surface area (Å²) < 4.78 is 18.7. The zero-order valence-corrected chi connectivity index (χ0v) is 15.1. The number of nitrogens with zero attached hydrogens (tertiary/aromatic N) is 1. The summed E-state index contributed by atoms with van der Waals surface area (Å²) in [5, 5.41) is 3.17. The lowest BCUT2D eigenvalue weighted by Gasteiger charge is -2.41. The van der Waals surface area contributed by atoms with E-state index in [4.69, 9.17) is 4.74 Å². The Hall–Kier alpha value is -1.46. The number of nitrogens with one attached hydrogen (secondary N) is 1. The molecule has 1 aliphatic heterocycles. The van der Waals surface area contributed by atoms with E-state index in [1.165, 1.54) is 12.1 Å². The number of benzene rings is 1. The van der Waals surface area contributed by atoms with Crippen LogP contribution in [0.3, 0.4) is 0 Å². The molecule has 1 aromatic rings. The summed E-state index contributed by atoms with van der Waals surface area (Å²) in [6.07, 6.45) is 4.88. The van der Waals surface area contributed by atoms with E-state index in [0.717, 1.165) is 70.5 Å². The van der Waals surface area contributed by atoms with Crippen molar-refractivity contribution in [1.82, 2.24) is 10.2 Å². The van der Waals surface area contributed by atoms with Crippen LogP contribution in [0.2, 0.25) is 0 Å². The van der Waals surface area contributed by atoms with E-state index >= 15 is 0 Å². The Kier molecular flexibility index (Phi) is 6.07. The van der Waals surface area contributed by atoms with E-state index in [2.05, 4.69) is 10.2 Å². The molecule has 1 saturated carbocycles. The molecule has 1 saturated heterocycles. The number of hydrogen-bond donors (Lipinski definition) is 1. The number of halogens is 1. The normalized spacial score (nSPS) is 20.9. The Morgan fingerprint density at radius 3 is 2.72 bits per heavy atom. The molecule has 0 spiro atoms. The molecule has 4 nitrogen and oxygen atoms in total. The highest BCUT2D eigenvalue weighted by molar-refractivity contribution is 5.89. The number of rotatable bonds is 7. The predicted octanol–water partition coefficient (Wildman–Crippen LogP) is 2.72. The SMILES string of the molecule is COCCN1CCC(CNC(=O)C2(c3cccc(F)c3)CCC2)CC1. The number of piperidine rings is 1. The minimum atomic E-state index is -0.513. The van der Waals surface area contributed by atoms with Gasteiger partial charge >= 0.3 is 0 Å². The summed E-state index contributed by atoms with van der Waals surface area (Å²) in [7, 11) is 1.73. The van der Waals surface area contributed by atoms with Crippen molar-refractivity contribution >= 4 is 5.91 Å². The third-order valence-electron chi connectivity index (χ3n) is 5.89. The molecule has 1 amide bonds. The van der Waals surface area contributed by atoms with E-state index in [-0.39, 0.29) is 11.7 Å². The molecule has 1 heterocycles. The molecule has 138 valence electrons. The second kappa shape index (κ2) is 8.28. The fraction of sp³-hybridized carbons (Fsp3) is 0.650. The number of hydrogen-bond acceptors (Lipinski definition) is 3. The Bertz CT molecular complexity index is 581. The lowest BCUT2D eigenvalue weighted by Crippen LogP contribution is -2.50. The van der Waals surface area contributed by atoms with Crippen molar-refractivity contribution in [3.05, 3.63) is 35.6 Å². The van der Waals surface area contributed by atoms with Crippen LogP contribution >= 0.6 is 0 Å². The number of carbonyl (C=O) groups excluding carboxylic acids is 1. The first-order chi connectivity index (χ1) is 12.1. The molecule has 0 atom stereocenters. The number of likely N-dealkylation sites (tertiary alicyclic amines) is 1. The van der Waals surface area contributed by atoms with E-state index in [1.54, 1.807) is 13.2 Å². The highest BCUT2D eigenvalue weighted by Crippen LogP contribution is 2.44. The standard InChI is InChI=1S/C20H29FN2O2/c1-25-13-12-23-10-6-16(7-11-23)15-22-19(24)20(8-3-9-20)17-4-2-5-18(21)14-17/h2,4-5,14,16H,3,6-13,15H2,1H3,(H,22,24). The third-order valence-corrected chi connectivity index (χ3v) is 5.89. The Balaban J connectivity index is 1.51. The summed E-state index contributed by atoms with van der Waals surface area (Å²) in [6, 6.07) is 6.54. The van der Waals surface area contributed by atoms with Gasteiger partial charge in [0.05, 0.1) is 12.0 Å². The van der Waals surface area contributed by atoms with Crippen LogP contribution in [-0.4, -0.2) is 50.7 Å². The molecule has 0 radical (unpaired) electrons. The number of methoxy groups -OCH3 is 1. The number of amides is 1. The van der Waals surface area contributed by atoms with Gasteiger partial charge in [0.1, 0.15) is 5.82 Å². The smallest absolute Gasteiger partial charge is 0.230 e. The molecule has 0 bridgehead atoms.